The van der Waals surface area contributed by atoms with E-state index in [9.17, 15) is 13.2 Å². The van der Waals surface area contributed by atoms with Gasteiger partial charge in [0.1, 0.15) is 5.75 Å². The average Bonchev–Trinajstić information content (AvgIpc) is 2.52. The molecule has 0 fully saturated rings. The number of carbonyl (C=O) groups is 1. The second-order valence-corrected chi connectivity index (χ2v) is 7.31. The molecule has 0 spiro atoms. The summed E-state index contributed by atoms with van der Waals surface area (Å²) in [4.78, 5) is 13.7. The number of aryl methyl sites for hydroxylation is 1. The third-order valence-corrected chi connectivity index (χ3v) is 4.56. The summed E-state index contributed by atoms with van der Waals surface area (Å²) in [6.45, 7) is 1.64. The van der Waals surface area contributed by atoms with E-state index in [0.29, 0.717) is 10.2 Å². The zero-order valence-corrected chi connectivity index (χ0v) is 14.6. The topological polar surface area (TPSA) is 84.5 Å². The Morgan fingerprint density at radius 2 is 1.87 bits per heavy atom. The molecule has 2 aromatic carbocycles. The maximum absolute atomic E-state index is 12.0. The van der Waals surface area contributed by atoms with E-state index in [1.165, 1.54) is 12.1 Å². The van der Waals surface area contributed by atoms with Crippen molar-refractivity contribution in [1.29, 1.82) is 0 Å². The normalized spacial score (nSPS) is 11.0. The zero-order valence-electron chi connectivity index (χ0n) is 12.2. The largest absolute Gasteiger partial charge is 0.484 e. The molecule has 0 radical (unpaired) electrons. The molecule has 2 aromatic rings. The van der Waals surface area contributed by atoms with Crippen LogP contribution >= 0.6 is 15.9 Å². The highest BCUT2D eigenvalue weighted by molar-refractivity contribution is 9.10. The van der Waals surface area contributed by atoms with E-state index in [0.717, 1.165) is 5.56 Å². The lowest BCUT2D eigenvalue weighted by Gasteiger charge is -2.10. The first-order valence-electron chi connectivity index (χ1n) is 6.62. The van der Waals surface area contributed by atoms with Crippen LogP contribution in [0.4, 0.5) is 0 Å². The summed E-state index contributed by atoms with van der Waals surface area (Å²) in [6, 6.07) is 13.3. The molecule has 2 N–H and O–H groups in total. The van der Waals surface area contributed by atoms with Crippen molar-refractivity contribution in [3.63, 3.8) is 0 Å². The number of sulfonamides is 1. The smallest absolute Gasteiger partial charge is 0.272 e. The third kappa shape index (κ3) is 5.34. The van der Waals surface area contributed by atoms with E-state index in [1.54, 1.807) is 24.3 Å². The molecule has 8 heteroatoms. The van der Waals surface area contributed by atoms with Gasteiger partial charge in [-0.15, -0.1) is 4.83 Å². The van der Waals surface area contributed by atoms with Crippen LogP contribution in [0, 0.1) is 6.92 Å². The second-order valence-electron chi connectivity index (χ2n) is 4.71. The second kappa shape index (κ2) is 7.58. The van der Waals surface area contributed by atoms with Gasteiger partial charge in [-0.25, -0.2) is 8.42 Å². The molecule has 0 unspecified atom stereocenters. The predicted molar refractivity (Wildman–Crippen MR) is 89.3 cm³/mol. The highest BCUT2D eigenvalue weighted by atomic mass is 79.9. The summed E-state index contributed by atoms with van der Waals surface area (Å²) in [5, 5.41) is 0. The molecule has 1 amide bonds. The lowest BCUT2D eigenvalue weighted by Crippen LogP contribution is -2.43. The SMILES string of the molecule is Cc1ccc(OCC(=O)NNS(=O)(=O)c2cccc(Br)c2)cc1. The minimum atomic E-state index is -3.83. The van der Waals surface area contributed by atoms with Crippen molar-refractivity contribution in [2.45, 2.75) is 11.8 Å². The van der Waals surface area contributed by atoms with Crippen molar-refractivity contribution in [3.05, 3.63) is 58.6 Å². The molecule has 23 heavy (non-hydrogen) atoms. The Balaban J connectivity index is 1.87. The van der Waals surface area contributed by atoms with Crippen LogP contribution in [-0.4, -0.2) is 20.9 Å². The summed E-state index contributed by atoms with van der Waals surface area (Å²) in [6.07, 6.45) is 0. The number of hydrazine groups is 1. The summed E-state index contributed by atoms with van der Waals surface area (Å²) < 4.78 is 29.9. The van der Waals surface area contributed by atoms with E-state index in [-0.39, 0.29) is 11.5 Å². The van der Waals surface area contributed by atoms with Crippen LogP contribution in [0.1, 0.15) is 5.56 Å². The molecule has 0 aliphatic heterocycles. The third-order valence-electron chi connectivity index (χ3n) is 2.82. The summed E-state index contributed by atoms with van der Waals surface area (Å²) in [7, 11) is -3.83. The molecule has 0 aromatic heterocycles. The average molecular weight is 399 g/mol. The fraction of sp³-hybridized carbons (Fsp3) is 0.133. The van der Waals surface area contributed by atoms with Gasteiger partial charge in [0.05, 0.1) is 4.90 Å². The summed E-state index contributed by atoms with van der Waals surface area (Å²) in [5.74, 6) is -0.0789. The van der Waals surface area contributed by atoms with Gasteiger partial charge in [-0.3, -0.25) is 10.2 Å². The first-order chi connectivity index (χ1) is 10.9. The fourth-order valence-corrected chi connectivity index (χ4v) is 3.09. The molecule has 0 atom stereocenters. The Kier molecular flexibility index (Phi) is 5.75. The Bertz CT molecular complexity index is 791. The number of benzene rings is 2. The molecule has 0 saturated carbocycles. The van der Waals surface area contributed by atoms with Crippen molar-refractivity contribution in [1.82, 2.24) is 10.3 Å². The lowest BCUT2D eigenvalue weighted by molar-refractivity contribution is -0.123. The Labute approximate surface area is 143 Å². The van der Waals surface area contributed by atoms with Gasteiger partial charge in [0, 0.05) is 4.47 Å². The van der Waals surface area contributed by atoms with E-state index in [1.807, 2.05) is 23.9 Å². The zero-order chi connectivity index (χ0) is 16.9. The molecule has 0 saturated heterocycles. The number of rotatable bonds is 6. The molecule has 0 bridgehead atoms. The van der Waals surface area contributed by atoms with Crippen molar-refractivity contribution in [2.24, 2.45) is 0 Å². The highest BCUT2D eigenvalue weighted by Gasteiger charge is 2.15. The van der Waals surface area contributed by atoms with Crippen LogP contribution < -0.4 is 15.0 Å². The standard InChI is InChI=1S/C15H15BrN2O4S/c1-11-5-7-13(8-6-11)22-10-15(19)17-18-23(20,21)14-4-2-3-12(16)9-14/h2-9,18H,10H2,1H3,(H,17,19). The van der Waals surface area contributed by atoms with Gasteiger partial charge >= 0.3 is 0 Å². The molecule has 0 heterocycles. The van der Waals surface area contributed by atoms with Gasteiger partial charge in [-0.05, 0) is 37.3 Å². The fourth-order valence-electron chi connectivity index (χ4n) is 1.64. The number of amides is 1. The van der Waals surface area contributed by atoms with Crippen LogP contribution in [0.5, 0.6) is 5.75 Å². The van der Waals surface area contributed by atoms with Crippen LogP contribution in [0.25, 0.3) is 0 Å². The van der Waals surface area contributed by atoms with Gasteiger partial charge in [0.15, 0.2) is 6.61 Å². The molecular weight excluding hydrogens is 384 g/mol. The number of nitrogens with one attached hydrogen (secondary N) is 2. The van der Waals surface area contributed by atoms with Crippen molar-refractivity contribution < 1.29 is 17.9 Å². The van der Waals surface area contributed by atoms with Crippen molar-refractivity contribution in [2.75, 3.05) is 6.61 Å². The molecular formula is C15H15BrN2O4S. The van der Waals surface area contributed by atoms with Crippen LogP contribution in [0.15, 0.2) is 57.9 Å². The lowest BCUT2D eigenvalue weighted by atomic mass is 10.2. The highest BCUT2D eigenvalue weighted by Crippen LogP contribution is 2.15. The Morgan fingerprint density at radius 1 is 1.17 bits per heavy atom. The van der Waals surface area contributed by atoms with E-state index in [4.69, 9.17) is 4.74 Å². The molecule has 2 rings (SSSR count). The minimum absolute atomic E-state index is 0.0339. The van der Waals surface area contributed by atoms with E-state index < -0.39 is 15.9 Å². The molecule has 6 nitrogen and oxygen atoms in total. The predicted octanol–water partition coefficient (Wildman–Crippen LogP) is 2.15. The number of hydrogen-bond acceptors (Lipinski definition) is 4. The van der Waals surface area contributed by atoms with Crippen LogP contribution in [0.3, 0.4) is 0 Å². The maximum atomic E-state index is 12.0. The van der Waals surface area contributed by atoms with E-state index >= 15 is 0 Å². The summed E-state index contributed by atoms with van der Waals surface area (Å²) in [5.41, 5.74) is 3.18. The molecule has 0 aliphatic rings. The number of carbonyl (C=O) groups excluding carboxylic acids is 1. The molecule has 0 aliphatic carbocycles. The number of hydrogen-bond donors (Lipinski definition) is 2. The Hall–Kier alpha value is -1.90. The number of halogens is 1. The number of ether oxygens (including phenoxy) is 1. The van der Waals surface area contributed by atoms with Gasteiger partial charge in [0.2, 0.25) is 0 Å². The van der Waals surface area contributed by atoms with Gasteiger partial charge in [0.25, 0.3) is 15.9 Å². The molecule has 122 valence electrons. The van der Waals surface area contributed by atoms with Gasteiger partial charge in [-0.2, -0.15) is 0 Å². The van der Waals surface area contributed by atoms with Crippen LogP contribution in [-0.2, 0) is 14.8 Å². The minimum Gasteiger partial charge on any atom is -0.484 e. The monoisotopic (exact) mass is 398 g/mol. The van der Waals surface area contributed by atoms with E-state index in [2.05, 4.69) is 21.4 Å². The first-order valence-corrected chi connectivity index (χ1v) is 8.90. The maximum Gasteiger partial charge on any atom is 0.272 e. The van der Waals surface area contributed by atoms with Gasteiger partial charge < -0.3 is 4.74 Å². The summed E-state index contributed by atoms with van der Waals surface area (Å²) >= 11 is 3.19. The Morgan fingerprint density at radius 3 is 2.52 bits per heavy atom. The van der Waals surface area contributed by atoms with Gasteiger partial charge in [-0.1, -0.05) is 39.7 Å². The van der Waals surface area contributed by atoms with Crippen molar-refractivity contribution in [3.8, 4) is 5.75 Å². The first kappa shape index (κ1) is 17.5. The quantitative estimate of drug-likeness (QED) is 0.730. The van der Waals surface area contributed by atoms with Crippen molar-refractivity contribution >= 4 is 31.9 Å². The van der Waals surface area contributed by atoms with Crippen LogP contribution in [0.2, 0.25) is 0 Å².